The number of rotatable bonds is 3. The molecule has 0 saturated carbocycles. The Kier molecular flexibility index (Phi) is 3.33. The molecule has 1 aromatic carbocycles. The number of aliphatic hydroxyl groups excluding tert-OH is 1. The fraction of sp³-hybridized carbons (Fsp3) is 0.300. The minimum absolute atomic E-state index is 0.0112. The average molecular weight is 198 g/mol. The standard InChI is InChI=1S/C10H11FO3/c1-6(12)8-4-3-7(5-9(8)11)10(13)14-2/h3-5,10,13H,1-2H3. The first-order valence-corrected chi connectivity index (χ1v) is 4.07. The number of ether oxygens (including phenoxy) is 1. The molecule has 0 aliphatic heterocycles. The molecule has 1 aromatic rings. The molecule has 1 atom stereocenters. The van der Waals surface area contributed by atoms with Crippen molar-refractivity contribution in [2.75, 3.05) is 7.11 Å². The van der Waals surface area contributed by atoms with Crippen molar-refractivity contribution in [1.29, 1.82) is 0 Å². The molecular weight excluding hydrogens is 187 g/mol. The molecule has 0 aliphatic rings. The number of methoxy groups -OCH3 is 1. The number of halogens is 1. The fourth-order valence-corrected chi connectivity index (χ4v) is 1.11. The van der Waals surface area contributed by atoms with Crippen LogP contribution in [0.5, 0.6) is 0 Å². The molecule has 3 nitrogen and oxygen atoms in total. The van der Waals surface area contributed by atoms with Gasteiger partial charge in [0.25, 0.3) is 0 Å². The highest BCUT2D eigenvalue weighted by atomic mass is 19.1. The number of carbonyl (C=O) groups excluding carboxylic acids is 1. The Balaban J connectivity index is 3.06. The van der Waals surface area contributed by atoms with Crippen LogP contribution in [0, 0.1) is 5.82 Å². The molecule has 76 valence electrons. The van der Waals surface area contributed by atoms with Gasteiger partial charge in [0.1, 0.15) is 5.82 Å². The largest absolute Gasteiger partial charge is 0.364 e. The Labute approximate surface area is 81.1 Å². The highest BCUT2D eigenvalue weighted by molar-refractivity contribution is 5.94. The molecule has 0 aromatic heterocycles. The predicted molar refractivity (Wildman–Crippen MR) is 48.4 cm³/mol. The maximum atomic E-state index is 13.2. The average Bonchev–Trinajstić information content (AvgIpc) is 2.15. The summed E-state index contributed by atoms with van der Waals surface area (Å²) < 4.78 is 17.8. The van der Waals surface area contributed by atoms with Crippen LogP contribution < -0.4 is 0 Å². The zero-order chi connectivity index (χ0) is 10.7. The lowest BCUT2D eigenvalue weighted by molar-refractivity contribution is -0.0771. The van der Waals surface area contributed by atoms with E-state index in [1.165, 1.54) is 26.2 Å². The van der Waals surface area contributed by atoms with Gasteiger partial charge in [-0.3, -0.25) is 4.79 Å². The highest BCUT2D eigenvalue weighted by Crippen LogP contribution is 2.17. The minimum Gasteiger partial charge on any atom is -0.364 e. The molecule has 0 bridgehead atoms. The lowest BCUT2D eigenvalue weighted by Gasteiger charge is -2.09. The van der Waals surface area contributed by atoms with Crippen LogP contribution in [-0.2, 0) is 4.74 Å². The zero-order valence-corrected chi connectivity index (χ0v) is 7.95. The molecule has 0 saturated heterocycles. The van der Waals surface area contributed by atoms with Gasteiger partial charge in [0.2, 0.25) is 0 Å². The van der Waals surface area contributed by atoms with Gasteiger partial charge < -0.3 is 9.84 Å². The summed E-state index contributed by atoms with van der Waals surface area (Å²) in [6, 6.07) is 3.87. The van der Waals surface area contributed by atoms with Crippen molar-refractivity contribution in [3.63, 3.8) is 0 Å². The molecule has 1 N–H and O–H groups in total. The van der Waals surface area contributed by atoms with Gasteiger partial charge in [-0.1, -0.05) is 6.07 Å². The summed E-state index contributed by atoms with van der Waals surface area (Å²) >= 11 is 0. The van der Waals surface area contributed by atoms with Gasteiger partial charge in [0.05, 0.1) is 5.56 Å². The number of hydrogen-bond acceptors (Lipinski definition) is 3. The van der Waals surface area contributed by atoms with Crippen molar-refractivity contribution < 1.29 is 19.0 Å². The molecule has 4 heteroatoms. The van der Waals surface area contributed by atoms with Crippen LogP contribution in [-0.4, -0.2) is 18.0 Å². The summed E-state index contributed by atoms with van der Waals surface area (Å²) in [5.41, 5.74) is 0.298. The van der Waals surface area contributed by atoms with Gasteiger partial charge in [-0.15, -0.1) is 0 Å². The van der Waals surface area contributed by atoms with Crippen molar-refractivity contribution in [2.45, 2.75) is 13.2 Å². The second-order valence-electron chi connectivity index (χ2n) is 2.88. The molecule has 0 radical (unpaired) electrons. The van der Waals surface area contributed by atoms with E-state index in [0.29, 0.717) is 0 Å². The Hall–Kier alpha value is -1.26. The van der Waals surface area contributed by atoms with E-state index in [-0.39, 0.29) is 16.9 Å². The van der Waals surface area contributed by atoms with Crippen molar-refractivity contribution in [1.82, 2.24) is 0 Å². The number of aliphatic hydroxyl groups is 1. The predicted octanol–water partition coefficient (Wildman–Crippen LogP) is 1.67. The first-order valence-electron chi connectivity index (χ1n) is 4.07. The van der Waals surface area contributed by atoms with Crippen LogP contribution >= 0.6 is 0 Å². The molecular formula is C10H11FO3. The van der Waals surface area contributed by atoms with Gasteiger partial charge >= 0.3 is 0 Å². The zero-order valence-electron chi connectivity index (χ0n) is 7.95. The highest BCUT2D eigenvalue weighted by Gasteiger charge is 2.11. The van der Waals surface area contributed by atoms with Crippen LogP contribution in [0.2, 0.25) is 0 Å². The van der Waals surface area contributed by atoms with Crippen LogP contribution in [0.15, 0.2) is 18.2 Å². The van der Waals surface area contributed by atoms with E-state index in [1.807, 2.05) is 0 Å². The summed E-state index contributed by atoms with van der Waals surface area (Å²) in [5.74, 6) is -0.993. The first-order chi connectivity index (χ1) is 6.56. The number of Topliss-reactive ketones (excluding diaryl/α,β-unsaturated/α-hetero) is 1. The maximum Gasteiger partial charge on any atom is 0.180 e. The van der Waals surface area contributed by atoms with Gasteiger partial charge in [0.15, 0.2) is 12.1 Å². The Morgan fingerprint density at radius 2 is 2.21 bits per heavy atom. The topological polar surface area (TPSA) is 46.5 Å². The molecule has 1 rings (SSSR count). The smallest absolute Gasteiger partial charge is 0.180 e. The molecule has 0 heterocycles. The molecule has 1 unspecified atom stereocenters. The molecule has 0 fully saturated rings. The van der Waals surface area contributed by atoms with Gasteiger partial charge in [-0.25, -0.2) is 4.39 Å². The van der Waals surface area contributed by atoms with Gasteiger partial charge in [0, 0.05) is 12.7 Å². The third kappa shape index (κ3) is 2.16. The van der Waals surface area contributed by atoms with Crippen molar-refractivity contribution in [2.24, 2.45) is 0 Å². The minimum atomic E-state index is -1.16. The summed E-state index contributed by atoms with van der Waals surface area (Å²) in [4.78, 5) is 10.9. The Morgan fingerprint density at radius 3 is 2.64 bits per heavy atom. The number of carbonyl (C=O) groups is 1. The van der Waals surface area contributed by atoms with E-state index in [2.05, 4.69) is 4.74 Å². The number of hydrogen-bond donors (Lipinski definition) is 1. The summed E-state index contributed by atoms with van der Waals surface area (Å²) in [5, 5.41) is 9.21. The second-order valence-corrected chi connectivity index (χ2v) is 2.88. The van der Waals surface area contributed by atoms with Crippen LogP contribution in [0.4, 0.5) is 4.39 Å². The first kappa shape index (κ1) is 10.8. The third-order valence-corrected chi connectivity index (χ3v) is 1.88. The van der Waals surface area contributed by atoms with E-state index in [0.717, 1.165) is 6.07 Å². The van der Waals surface area contributed by atoms with E-state index >= 15 is 0 Å². The Morgan fingerprint density at radius 1 is 1.57 bits per heavy atom. The SMILES string of the molecule is COC(O)c1ccc(C(C)=O)c(F)c1. The molecule has 0 aliphatic carbocycles. The number of ketones is 1. The summed E-state index contributed by atoms with van der Waals surface area (Å²) in [7, 11) is 1.31. The van der Waals surface area contributed by atoms with E-state index in [9.17, 15) is 14.3 Å². The molecule has 0 spiro atoms. The summed E-state index contributed by atoms with van der Waals surface area (Å²) in [6.45, 7) is 1.28. The lowest BCUT2D eigenvalue weighted by Crippen LogP contribution is -2.03. The van der Waals surface area contributed by atoms with Gasteiger partial charge in [-0.2, -0.15) is 0 Å². The van der Waals surface area contributed by atoms with E-state index < -0.39 is 12.1 Å². The van der Waals surface area contributed by atoms with Crippen molar-refractivity contribution in [3.8, 4) is 0 Å². The van der Waals surface area contributed by atoms with E-state index in [4.69, 9.17) is 0 Å². The molecule has 0 amide bonds. The molecule has 14 heavy (non-hydrogen) atoms. The monoisotopic (exact) mass is 198 g/mol. The van der Waals surface area contributed by atoms with Crippen LogP contribution in [0.1, 0.15) is 29.1 Å². The fourth-order valence-electron chi connectivity index (χ4n) is 1.11. The van der Waals surface area contributed by atoms with E-state index in [1.54, 1.807) is 0 Å². The quantitative estimate of drug-likeness (QED) is 0.593. The van der Waals surface area contributed by atoms with Crippen molar-refractivity contribution >= 4 is 5.78 Å². The van der Waals surface area contributed by atoms with Gasteiger partial charge in [-0.05, 0) is 19.1 Å². The van der Waals surface area contributed by atoms with Crippen LogP contribution in [0.25, 0.3) is 0 Å². The van der Waals surface area contributed by atoms with Crippen molar-refractivity contribution in [3.05, 3.63) is 35.1 Å². The summed E-state index contributed by atoms with van der Waals surface area (Å²) in [6.07, 6.45) is -1.16. The second kappa shape index (κ2) is 4.30. The lowest BCUT2D eigenvalue weighted by atomic mass is 10.1. The maximum absolute atomic E-state index is 13.2. The normalized spacial score (nSPS) is 12.6. The third-order valence-electron chi connectivity index (χ3n) is 1.88. The number of benzene rings is 1. The Bertz CT molecular complexity index is 349. The van der Waals surface area contributed by atoms with Crippen LogP contribution in [0.3, 0.4) is 0 Å².